The van der Waals surface area contributed by atoms with Crippen LogP contribution in [0.2, 0.25) is 0 Å². The van der Waals surface area contributed by atoms with Crippen molar-refractivity contribution >= 4 is 11.6 Å². The van der Waals surface area contributed by atoms with E-state index in [0.29, 0.717) is 18.9 Å². The van der Waals surface area contributed by atoms with Gasteiger partial charge < -0.3 is 11.1 Å². The highest BCUT2D eigenvalue weighted by Gasteiger charge is 2.21. The summed E-state index contributed by atoms with van der Waals surface area (Å²) in [5, 5.41) is 3.05. The van der Waals surface area contributed by atoms with Gasteiger partial charge in [-0.1, -0.05) is 51.2 Å². The number of hydrogen-bond acceptors (Lipinski definition) is 2. The van der Waals surface area contributed by atoms with Gasteiger partial charge in [0.15, 0.2) is 0 Å². The van der Waals surface area contributed by atoms with Crippen molar-refractivity contribution in [1.29, 1.82) is 0 Å². The minimum atomic E-state index is 0.198. The van der Waals surface area contributed by atoms with Crippen molar-refractivity contribution < 1.29 is 4.79 Å². The number of nitrogen functional groups attached to an aromatic ring is 1. The summed E-state index contributed by atoms with van der Waals surface area (Å²) in [5.41, 5.74) is 7.65. The Kier molecular flexibility index (Phi) is 6.09. The Bertz CT molecular complexity index is 435. The lowest BCUT2D eigenvalue weighted by Crippen LogP contribution is -2.29. The van der Waals surface area contributed by atoms with E-state index in [-0.39, 0.29) is 5.91 Å². The van der Waals surface area contributed by atoms with E-state index in [4.69, 9.17) is 5.73 Å². The average molecular weight is 288 g/mol. The van der Waals surface area contributed by atoms with E-state index in [2.05, 4.69) is 12.2 Å². The van der Waals surface area contributed by atoms with Crippen molar-refractivity contribution in [2.75, 3.05) is 12.3 Å². The first-order valence-electron chi connectivity index (χ1n) is 8.26. The van der Waals surface area contributed by atoms with Gasteiger partial charge in [0.2, 0.25) is 5.91 Å². The van der Waals surface area contributed by atoms with Crippen LogP contribution in [0, 0.1) is 11.8 Å². The normalized spacial score (nSPS) is 17.4. The molecule has 2 rings (SSSR count). The van der Waals surface area contributed by atoms with Crippen LogP contribution in [0.4, 0.5) is 5.69 Å². The molecule has 1 fully saturated rings. The maximum absolute atomic E-state index is 12.0. The van der Waals surface area contributed by atoms with E-state index < -0.39 is 0 Å². The second-order valence-corrected chi connectivity index (χ2v) is 6.42. The summed E-state index contributed by atoms with van der Waals surface area (Å²) in [4.78, 5) is 12.0. The summed E-state index contributed by atoms with van der Waals surface area (Å²) in [6, 6.07) is 7.85. The van der Waals surface area contributed by atoms with Crippen LogP contribution in [-0.2, 0) is 11.2 Å². The minimum absolute atomic E-state index is 0.198. The van der Waals surface area contributed by atoms with Crippen molar-refractivity contribution in [2.45, 2.75) is 51.9 Å². The van der Waals surface area contributed by atoms with E-state index in [1.807, 2.05) is 24.3 Å². The third kappa shape index (κ3) is 5.41. The summed E-state index contributed by atoms with van der Waals surface area (Å²) in [7, 11) is 0. The Morgan fingerprint density at radius 2 is 1.90 bits per heavy atom. The Morgan fingerprint density at radius 1 is 1.24 bits per heavy atom. The number of amides is 1. The molecule has 1 amide bonds. The molecule has 1 aliphatic rings. The summed E-state index contributed by atoms with van der Waals surface area (Å²) >= 11 is 0. The zero-order valence-corrected chi connectivity index (χ0v) is 13.1. The molecule has 0 spiro atoms. The van der Waals surface area contributed by atoms with Crippen LogP contribution < -0.4 is 11.1 Å². The monoisotopic (exact) mass is 288 g/mol. The van der Waals surface area contributed by atoms with Crippen molar-refractivity contribution in [3.8, 4) is 0 Å². The number of nitrogens with two attached hydrogens (primary N) is 1. The van der Waals surface area contributed by atoms with E-state index in [9.17, 15) is 4.79 Å². The van der Waals surface area contributed by atoms with E-state index in [1.165, 1.54) is 37.7 Å². The molecule has 3 heteroatoms. The summed E-state index contributed by atoms with van der Waals surface area (Å²) < 4.78 is 0. The lowest BCUT2D eigenvalue weighted by atomic mass is 9.79. The van der Waals surface area contributed by atoms with Gasteiger partial charge in [0.1, 0.15) is 0 Å². The van der Waals surface area contributed by atoms with Gasteiger partial charge in [-0.05, 0) is 36.0 Å². The molecule has 3 N–H and O–H groups in total. The molecule has 0 radical (unpaired) electrons. The second kappa shape index (κ2) is 8.06. The molecule has 0 saturated heterocycles. The molecule has 116 valence electrons. The van der Waals surface area contributed by atoms with Gasteiger partial charge in [-0.15, -0.1) is 0 Å². The van der Waals surface area contributed by atoms with Gasteiger partial charge in [-0.2, -0.15) is 0 Å². The quantitative estimate of drug-likeness (QED) is 0.787. The van der Waals surface area contributed by atoms with E-state index >= 15 is 0 Å². The number of carbonyl (C=O) groups excluding carboxylic acids is 1. The van der Waals surface area contributed by atoms with Gasteiger partial charge in [0.25, 0.3) is 0 Å². The van der Waals surface area contributed by atoms with Crippen molar-refractivity contribution in [2.24, 2.45) is 11.8 Å². The standard InChI is InChI=1S/C18H28N2O/c1-14(16-5-3-2-4-6-16)13-18(21)20-12-11-15-7-9-17(19)10-8-15/h7-10,14,16H,2-6,11-13,19H2,1H3,(H,20,21). The minimum Gasteiger partial charge on any atom is -0.399 e. The topological polar surface area (TPSA) is 55.1 Å². The first-order chi connectivity index (χ1) is 10.1. The predicted octanol–water partition coefficient (Wildman–Crippen LogP) is 3.53. The molecule has 0 aliphatic heterocycles. The van der Waals surface area contributed by atoms with Gasteiger partial charge in [-0.3, -0.25) is 4.79 Å². The Labute approximate surface area is 128 Å². The fourth-order valence-electron chi connectivity index (χ4n) is 3.27. The molecule has 1 unspecified atom stereocenters. The molecule has 21 heavy (non-hydrogen) atoms. The first-order valence-corrected chi connectivity index (χ1v) is 8.26. The highest BCUT2D eigenvalue weighted by Crippen LogP contribution is 2.31. The van der Waals surface area contributed by atoms with E-state index in [1.54, 1.807) is 0 Å². The summed E-state index contributed by atoms with van der Waals surface area (Å²) in [5.74, 6) is 1.46. The molecular formula is C18H28N2O. The molecule has 0 bridgehead atoms. The summed E-state index contributed by atoms with van der Waals surface area (Å²) in [6.45, 7) is 2.94. The molecule has 1 aromatic rings. The van der Waals surface area contributed by atoms with Crippen LogP contribution in [0.3, 0.4) is 0 Å². The number of carbonyl (C=O) groups is 1. The molecule has 0 aromatic heterocycles. The van der Waals surface area contributed by atoms with Gasteiger partial charge in [0.05, 0.1) is 0 Å². The predicted molar refractivity (Wildman–Crippen MR) is 87.9 cm³/mol. The van der Waals surface area contributed by atoms with Crippen LogP contribution in [0.15, 0.2) is 24.3 Å². The van der Waals surface area contributed by atoms with Crippen molar-refractivity contribution in [3.05, 3.63) is 29.8 Å². The SMILES string of the molecule is CC(CC(=O)NCCc1ccc(N)cc1)C1CCCCC1. The van der Waals surface area contributed by atoms with Gasteiger partial charge in [-0.25, -0.2) is 0 Å². The lowest BCUT2D eigenvalue weighted by molar-refractivity contribution is -0.122. The molecule has 3 nitrogen and oxygen atoms in total. The smallest absolute Gasteiger partial charge is 0.220 e. The highest BCUT2D eigenvalue weighted by atomic mass is 16.1. The average Bonchev–Trinajstić information content (AvgIpc) is 2.50. The third-order valence-corrected chi connectivity index (χ3v) is 4.68. The van der Waals surface area contributed by atoms with Gasteiger partial charge in [0, 0.05) is 18.7 Å². The second-order valence-electron chi connectivity index (χ2n) is 6.42. The van der Waals surface area contributed by atoms with Crippen molar-refractivity contribution in [3.63, 3.8) is 0 Å². The van der Waals surface area contributed by atoms with Crippen LogP contribution in [0.1, 0.15) is 51.0 Å². The maximum atomic E-state index is 12.0. The van der Waals surface area contributed by atoms with Gasteiger partial charge >= 0.3 is 0 Å². The zero-order valence-electron chi connectivity index (χ0n) is 13.1. The number of anilines is 1. The molecule has 1 atom stereocenters. The molecule has 1 aromatic carbocycles. The fraction of sp³-hybridized carbons (Fsp3) is 0.611. The maximum Gasteiger partial charge on any atom is 0.220 e. The van der Waals surface area contributed by atoms with Crippen LogP contribution >= 0.6 is 0 Å². The number of hydrogen-bond donors (Lipinski definition) is 2. The van der Waals surface area contributed by atoms with Crippen LogP contribution in [-0.4, -0.2) is 12.5 Å². The lowest BCUT2D eigenvalue weighted by Gasteiger charge is -2.27. The van der Waals surface area contributed by atoms with Crippen molar-refractivity contribution in [1.82, 2.24) is 5.32 Å². The zero-order chi connectivity index (χ0) is 15.1. The molecular weight excluding hydrogens is 260 g/mol. The molecule has 1 aliphatic carbocycles. The fourth-order valence-corrected chi connectivity index (χ4v) is 3.27. The molecule has 0 heterocycles. The number of rotatable bonds is 6. The highest BCUT2D eigenvalue weighted by molar-refractivity contribution is 5.76. The molecule has 1 saturated carbocycles. The van der Waals surface area contributed by atoms with E-state index in [0.717, 1.165) is 18.0 Å². The third-order valence-electron chi connectivity index (χ3n) is 4.68. The largest absolute Gasteiger partial charge is 0.399 e. The Hall–Kier alpha value is -1.51. The van der Waals surface area contributed by atoms with Crippen LogP contribution in [0.25, 0.3) is 0 Å². The summed E-state index contributed by atoms with van der Waals surface area (Å²) in [6.07, 6.45) is 8.20. The van der Waals surface area contributed by atoms with Crippen LogP contribution in [0.5, 0.6) is 0 Å². The Morgan fingerprint density at radius 3 is 2.57 bits per heavy atom. The number of nitrogens with one attached hydrogen (secondary N) is 1. The first kappa shape index (κ1) is 15.9. The Balaban J connectivity index is 1.65. The number of benzene rings is 1.